The van der Waals surface area contributed by atoms with Gasteiger partial charge in [0, 0.05) is 28.6 Å². The molecule has 0 N–H and O–H groups in total. The first-order chi connectivity index (χ1) is 13.4. The Balaban J connectivity index is 1.84. The number of halogens is 2. The number of carbonyl (C=O) groups excluding carboxylic acids is 1. The number of nitrogens with zero attached hydrogens (tertiary/aromatic N) is 5. The van der Waals surface area contributed by atoms with Gasteiger partial charge in [-0.2, -0.15) is 19.0 Å². The normalized spacial score (nSPS) is 11.5. The summed E-state index contributed by atoms with van der Waals surface area (Å²) in [6.07, 6.45) is 4.86. The van der Waals surface area contributed by atoms with E-state index >= 15 is 0 Å². The van der Waals surface area contributed by atoms with Crippen molar-refractivity contribution in [1.82, 2.24) is 24.4 Å². The Morgan fingerprint density at radius 3 is 2.75 bits per heavy atom. The van der Waals surface area contributed by atoms with E-state index in [2.05, 4.69) is 15.2 Å². The second-order valence-electron chi connectivity index (χ2n) is 6.09. The molecule has 0 bridgehead atoms. The minimum Gasteiger partial charge on any atom is -0.465 e. The number of hydrogen-bond acceptors (Lipinski definition) is 6. The molecular weight excluding hydrogens is 388 g/mol. The lowest BCUT2D eigenvalue weighted by Gasteiger charge is -2.04. The van der Waals surface area contributed by atoms with E-state index in [0.29, 0.717) is 37.1 Å². The number of thiazole rings is 1. The van der Waals surface area contributed by atoms with E-state index in [0.717, 1.165) is 11.1 Å². The van der Waals surface area contributed by atoms with Crippen LogP contribution < -0.4 is 0 Å². The topological polar surface area (TPSA) is 74.3 Å². The van der Waals surface area contributed by atoms with Gasteiger partial charge < -0.3 is 4.74 Å². The van der Waals surface area contributed by atoms with Crippen LogP contribution in [0.2, 0.25) is 0 Å². The second kappa shape index (κ2) is 6.79. The molecule has 4 rings (SSSR count). The fraction of sp³-hybridized carbons (Fsp3) is 0.222. The molecule has 0 spiro atoms. The highest BCUT2D eigenvalue weighted by atomic mass is 32.1. The Hall–Kier alpha value is -3.14. The van der Waals surface area contributed by atoms with Crippen molar-refractivity contribution >= 4 is 22.8 Å². The molecule has 0 aromatic carbocycles. The molecule has 0 aliphatic heterocycles. The molecule has 4 aromatic rings. The maximum atomic E-state index is 13.2. The number of rotatable bonds is 4. The van der Waals surface area contributed by atoms with Gasteiger partial charge >= 0.3 is 12.5 Å². The van der Waals surface area contributed by atoms with Gasteiger partial charge in [-0.15, -0.1) is 11.3 Å². The Morgan fingerprint density at radius 1 is 1.29 bits per heavy atom. The van der Waals surface area contributed by atoms with E-state index in [1.807, 2.05) is 12.1 Å². The van der Waals surface area contributed by atoms with Crippen LogP contribution in [0.5, 0.6) is 0 Å². The predicted octanol–water partition coefficient (Wildman–Crippen LogP) is 4.12. The van der Waals surface area contributed by atoms with Gasteiger partial charge in [0.2, 0.25) is 0 Å². The minimum atomic E-state index is -2.71. The molecule has 0 fully saturated rings. The summed E-state index contributed by atoms with van der Waals surface area (Å²) in [5, 5.41) is 8.91. The fourth-order valence-corrected chi connectivity index (χ4v) is 3.98. The van der Waals surface area contributed by atoms with Crippen molar-refractivity contribution in [2.24, 2.45) is 0 Å². The van der Waals surface area contributed by atoms with Gasteiger partial charge in [-0.25, -0.2) is 19.0 Å². The number of hydrogen-bond donors (Lipinski definition) is 0. The molecule has 28 heavy (non-hydrogen) atoms. The summed E-state index contributed by atoms with van der Waals surface area (Å²) in [7, 11) is 1.32. The quantitative estimate of drug-likeness (QED) is 0.479. The van der Waals surface area contributed by atoms with Crippen molar-refractivity contribution in [1.29, 1.82) is 0 Å². The first-order valence-corrected chi connectivity index (χ1v) is 9.08. The van der Waals surface area contributed by atoms with Crippen LogP contribution in [0, 0.1) is 13.8 Å². The van der Waals surface area contributed by atoms with E-state index in [4.69, 9.17) is 4.74 Å². The smallest absolute Gasteiger partial charge is 0.349 e. The summed E-state index contributed by atoms with van der Waals surface area (Å²) >= 11 is 1.21. The zero-order chi connectivity index (χ0) is 20.0. The summed E-state index contributed by atoms with van der Waals surface area (Å²) in [6, 6.07) is 3.69. The Morgan fingerprint density at radius 2 is 2.07 bits per heavy atom. The lowest BCUT2D eigenvalue weighted by Crippen LogP contribution is -2.02. The van der Waals surface area contributed by atoms with Crippen molar-refractivity contribution in [3.8, 4) is 21.7 Å². The van der Waals surface area contributed by atoms with Crippen LogP contribution in [-0.2, 0) is 4.74 Å². The number of carbonyl (C=O) groups is 1. The van der Waals surface area contributed by atoms with Crippen molar-refractivity contribution in [2.45, 2.75) is 20.4 Å². The Kier molecular flexibility index (Phi) is 4.42. The van der Waals surface area contributed by atoms with Gasteiger partial charge in [0.1, 0.15) is 9.88 Å². The first kappa shape index (κ1) is 18.2. The van der Waals surface area contributed by atoms with Gasteiger partial charge in [0.15, 0.2) is 0 Å². The fourth-order valence-electron chi connectivity index (χ4n) is 3.15. The van der Waals surface area contributed by atoms with E-state index in [1.54, 1.807) is 30.8 Å². The molecule has 10 heteroatoms. The molecule has 0 saturated carbocycles. The number of alkyl halides is 2. The molecule has 4 aromatic heterocycles. The second-order valence-corrected chi connectivity index (χ2v) is 7.12. The van der Waals surface area contributed by atoms with Crippen LogP contribution in [0.25, 0.3) is 27.2 Å². The maximum Gasteiger partial charge on any atom is 0.349 e. The van der Waals surface area contributed by atoms with Crippen LogP contribution in [0.4, 0.5) is 8.78 Å². The molecule has 0 saturated heterocycles. The Bertz CT molecular complexity index is 1190. The van der Waals surface area contributed by atoms with Gasteiger partial charge in [-0.3, -0.25) is 0 Å². The monoisotopic (exact) mass is 403 g/mol. The number of aromatic nitrogens is 5. The number of ether oxygens (including phenoxy) is 1. The van der Waals surface area contributed by atoms with Crippen LogP contribution in [0.15, 0.2) is 30.7 Å². The van der Waals surface area contributed by atoms with Crippen molar-refractivity contribution < 1.29 is 18.3 Å². The maximum absolute atomic E-state index is 13.2. The van der Waals surface area contributed by atoms with Crippen LogP contribution in [0.1, 0.15) is 27.6 Å². The SMILES string of the molecule is COC(=O)c1cnc(-c2ccn3ncc(-c4c(C)nn(C(F)F)c4C)c3c2)s1. The largest absolute Gasteiger partial charge is 0.465 e. The molecule has 0 aliphatic rings. The van der Waals surface area contributed by atoms with Crippen LogP contribution >= 0.6 is 11.3 Å². The number of aryl methyl sites for hydroxylation is 1. The lowest BCUT2D eigenvalue weighted by atomic mass is 10.0. The molecule has 7 nitrogen and oxygen atoms in total. The minimum absolute atomic E-state index is 0.370. The van der Waals surface area contributed by atoms with E-state index in [1.165, 1.54) is 24.6 Å². The molecule has 0 atom stereocenters. The summed E-state index contributed by atoms with van der Waals surface area (Å²) in [5.41, 5.74) is 3.71. The van der Waals surface area contributed by atoms with E-state index < -0.39 is 12.5 Å². The standard InChI is InChI=1S/C18H15F2N5O2S/c1-9-15(10(2)25(23-9)18(19)20)12-7-22-24-5-4-11(6-13(12)24)16-21-8-14(28-16)17(26)27-3/h4-8,18H,1-3H3. The molecule has 0 radical (unpaired) electrons. The summed E-state index contributed by atoms with van der Waals surface area (Å²) < 4.78 is 33.5. The van der Waals surface area contributed by atoms with Gasteiger partial charge in [0.05, 0.1) is 30.7 Å². The molecule has 0 unspecified atom stereocenters. The highest BCUT2D eigenvalue weighted by molar-refractivity contribution is 7.16. The van der Waals surface area contributed by atoms with E-state index in [-0.39, 0.29) is 0 Å². The number of methoxy groups -OCH3 is 1. The summed E-state index contributed by atoms with van der Waals surface area (Å²) in [6.45, 7) is 0.591. The molecular formula is C18H15F2N5O2S. The van der Waals surface area contributed by atoms with Crippen LogP contribution in [0.3, 0.4) is 0 Å². The zero-order valence-corrected chi connectivity index (χ0v) is 16.0. The molecule has 0 amide bonds. The third kappa shape index (κ3) is 2.85. The summed E-state index contributed by atoms with van der Waals surface area (Å²) in [4.78, 5) is 16.3. The number of fused-ring (bicyclic) bond motifs is 1. The number of pyridine rings is 1. The summed E-state index contributed by atoms with van der Waals surface area (Å²) in [5.74, 6) is -0.444. The third-order valence-electron chi connectivity index (χ3n) is 4.44. The molecule has 4 heterocycles. The number of esters is 1. The zero-order valence-electron chi connectivity index (χ0n) is 15.2. The van der Waals surface area contributed by atoms with E-state index in [9.17, 15) is 13.6 Å². The van der Waals surface area contributed by atoms with Crippen LogP contribution in [-0.4, -0.2) is 37.5 Å². The first-order valence-electron chi connectivity index (χ1n) is 8.27. The highest BCUT2D eigenvalue weighted by Gasteiger charge is 2.21. The van der Waals surface area contributed by atoms with Gasteiger partial charge in [-0.05, 0) is 26.0 Å². The predicted molar refractivity (Wildman–Crippen MR) is 99.6 cm³/mol. The Labute approximate surface area is 162 Å². The van der Waals surface area contributed by atoms with Crippen molar-refractivity contribution in [3.63, 3.8) is 0 Å². The van der Waals surface area contributed by atoms with Crippen molar-refractivity contribution in [2.75, 3.05) is 7.11 Å². The highest BCUT2D eigenvalue weighted by Crippen LogP contribution is 2.34. The third-order valence-corrected chi connectivity index (χ3v) is 5.47. The van der Waals surface area contributed by atoms with Gasteiger partial charge in [0.25, 0.3) is 0 Å². The molecule has 0 aliphatic carbocycles. The average molecular weight is 403 g/mol. The lowest BCUT2D eigenvalue weighted by molar-refractivity contribution is 0.0541. The average Bonchev–Trinajstić information content (AvgIpc) is 3.38. The van der Waals surface area contributed by atoms with Crippen molar-refractivity contribution in [3.05, 3.63) is 47.0 Å². The van der Waals surface area contributed by atoms with Gasteiger partial charge in [-0.1, -0.05) is 0 Å². The molecule has 144 valence electrons.